The Morgan fingerprint density at radius 3 is 2.05 bits per heavy atom. The van der Waals surface area contributed by atoms with E-state index in [-0.39, 0.29) is 0 Å². The lowest BCUT2D eigenvalue weighted by Crippen LogP contribution is -2.28. The first-order chi connectivity index (χ1) is 21.3. The molecule has 0 saturated heterocycles. The lowest BCUT2D eigenvalue weighted by molar-refractivity contribution is 0.474. The minimum Gasteiger partial charge on any atom is -0.453 e. The van der Waals surface area contributed by atoms with Gasteiger partial charge in [0.15, 0.2) is 11.5 Å². The Labute approximate surface area is 250 Å². The maximum atomic E-state index is 6.53. The third-order valence-corrected chi connectivity index (χ3v) is 9.24. The Balaban J connectivity index is 1.27. The van der Waals surface area contributed by atoms with E-state index in [2.05, 4.69) is 139 Å². The highest BCUT2D eigenvalue weighted by molar-refractivity contribution is 5.90. The monoisotopic (exact) mass is 552 g/mol. The van der Waals surface area contributed by atoms with Crippen LogP contribution in [0.2, 0.25) is 0 Å². The summed E-state index contributed by atoms with van der Waals surface area (Å²) in [6.45, 7) is 2.15. The number of aryl methyl sites for hydroxylation is 1. The highest BCUT2D eigenvalue weighted by Crippen LogP contribution is 2.56. The Morgan fingerprint density at radius 2 is 1.28 bits per heavy atom. The average Bonchev–Trinajstić information content (AvgIpc) is 3.60. The molecule has 0 fully saturated rings. The topological polar surface area (TPSA) is 27.1 Å². The van der Waals surface area contributed by atoms with E-state index < -0.39 is 5.41 Å². The lowest BCUT2D eigenvalue weighted by atomic mass is 9.67. The van der Waals surface area contributed by atoms with Crippen LogP contribution in [0.15, 0.2) is 140 Å². The second-order valence-corrected chi connectivity index (χ2v) is 11.4. The van der Waals surface area contributed by atoms with Crippen LogP contribution in [-0.4, -0.2) is 9.55 Å². The van der Waals surface area contributed by atoms with Gasteiger partial charge in [0, 0.05) is 6.42 Å². The molecule has 1 aromatic heterocycles. The smallest absolute Gasteiger partial charge is 0.153 e. The Hall–Kier alpha value is -5.41. The minimum atomic E-state index is -0.424. The third kappa shape index (κ3) is 3.28. The summed E-state index contributed by atoms with van der Waals surface area (Å²) in [6, 6.07) is 50.5. The number of ether oxygens (including phenoxy) is 1. The predicted octanol–water partition coefficient (Wildman–Crippen LogP) is 9.72. The molecule has 0 atom stereocenters. The molecule has 0 saturated carbocycles. The third-order valence-electron chi connectivity index (χ3n) is 9.24. The molecule has 0 radical (unpaired) electrons. The Kier molecular flexibility index (Phi) is 5.09. The quantitative estimate of drug-likeness (QED) is 0.217. The molecule has 3 nitrogen and oxygen atoms in total. The molecule has 9 rings (SSSR count). The second-order valence-electron chi connectivity index (χ2n) is 11.4. The van der Waals surface area contributed by atoms with Gasteiger partial charge in [-0.2, -0.15) is 0 Å². The summed E-state index contributed by atoms with van der Waals surface area (Å²) >= 11 is 0. The van der Waals surface area contributed by atoms with Crippen LogP contribution < -0.4 is 4.74 Å². The zero-order chi connectivity index (χ0) is 28.5. The Morgan fingerprint density at radius 1 is 0.605 bits per heavy atom. The van der Waals surface area contributed by atoms with Crippen LogP contribution >= 0.6 is 0 Å². The van der Waals surface area contributed by atoms with Crippen molar-refractivity contribution in [3.8, 4) is 39.4 Å². The van der Waals surface area contributed by atoms with Crippen molar-refractivity contribution in [2.75, 3.05) is 0 Å². The van der Waals surface area contributed by atoms with Gasteiger partial charge in [-0.3, -0.25) is 4.57 Å². The largest absolute Gasteiger partial charge is 0.453 e. The van der Waals surface area contributed by atoms with Crippen LogP contribution in [0.25, 0.3) is 39.0 Å². The molecule has 6 aromatic carbocycles. The van der Waals surface area contributed by atoms with Gasteiger partial charge >= 0.3 is 0 Å². The maximum Gasteiger partial charge on any atom is 0.153 e. The minimum absolute atomic E-state index is 0.424. The summed E-state index contributed by atoms with van der Waals surface area (Å²) in [5.41, 5.74) is 12.7. The van der Waals surface area contributed by atoms with Gasteiger partial charge in [0.2, 0.25) is 0 Å². The zero-order valence-corrected chi connectivity index (χ0v) is 23.8. The molecule has 2 heterocycles. The summed E-state index contributed by atoms with van der Waals surface area (Å²) in [7, 11) is 0. The molecule has 3 heteroatoms. The fourth-order valence-corrected chi connectivity index (χ4v) is 7.43. The first-order valence-electron chi connectivity index (χ1n) is 15.0. The van der Waals surface area contributed by atoms with Crippen LogP contribution in [0.1, 0.15) is 35.0 Å². The number of hydrogen-bond donors (Lipinski definition) is 0. The average molecular weight is 553 g/mol. The molecule has 2 aliphatic rings. The van der Waals surface area contributed by atoms with Crippen molar-refractivity contribution in [1.82, 2.24) is 9.55 Å². The van der Waals surface area contributed by atoms with Gasteiger partial charge in [-0.05, 0) is 74.8 Å². The molecule has 0 spiro atoms. The van der Waals surface area contributed by atoms with Crippen LogP contribution in [0.4, 0.5) is 0 Å². The molecule has 1 aliphatic heterocycles. The van der Waals surface area contributed by atoms with Crippen molar-refractivity contribution in [1.29, 1.82) is 0 Å². The molecular formula is C40H28N2O. The van der Waals surface area contributed by atoms with E-state index in [9.17, 15) is 0 Å². The molecule has 0 unspecified atom stereocenters. The maximum absolute atomic E-state index is 6.53. The van der Waals surface area contributed by atoms with E-state index in [0.717, 1.165) is 46.0 Å². The van der Waals surface area contributed by atoms with Gasteiger partial charge in [0.25, 0.3) is 0 Å². The molecule has 1 aliphatic carbocycles. The number of benzene rings is 6. The van der Waals surface area contributed by atoms with Gasteiger partial charge in [0.1, 0.15) is 11.3 Å². The van der Waals surface area contributed by atoms with Crippen molar-refractivity contribution >= 4 is 11.0 Å². The first kappa shape index (κ1) is 24.2. The van der Waals surface area contributed by atoms with E-state index in [0.29, 0.717) is 0 Å². The predicted molar refractivity (Wildman–Crippen MR) is 173 cm³/mol. The summed E-state index contributed by atoms with van der Waals surface area (Å²) in [5.74, 6) is 2.75. The molecule has 0 N–H and O–H groups in total. The normalized spacial score (nSPS) is 13.7. The first-order valence-corrected chi connectivity index (χ1v) is 15.0. The number of imidazole rings is 1. The van der Waals surface area contributed by atoms with Crippen LogP contribution in [0, 0.1) is 0 Å². The van der Waals surface area contributed by atoms with Gasteiger partial charge < -0.3 is 4.74 Å². The van der Waals surface area contributed by atoms with E-state index in [1.54, 1.807) is 0 Å². The lowest BCUT2D eigenvalue weighted by Gasteiger charge is -2.34. The van der Waals surface area contributed by atoms with Crippen molar-refractivity contribution in [2.24, 2.45) is 0 Å². The van der Waals surface area contributed by atoms with Gasteiger partial charge in [-0.15, -0.1) is 0 Å². The standard InChI is InChI=1S/C40H28N2O/c1-2-38-41-34-18-11-19-36-39(34)42(38)35-23-21-27(25-37(35)43-36)26-20-22-31-30-16-9-10-17-32(30)40(33(31)24-26,28-12-5-3-6-13-28)29-14-7-4-8-15-29/h3-25H,2H2,1H3. The Bertz CT molecular complexity index is 2150. The fraction of sp³-hybridized carbons (Fsp3) is 0.0750. The van der Waals surface area contributed by atoms with Crippen molar-refractivity contribution in [2.45, 2.75) is 18.8 Å². The van der Waals surface area contributed by atoms with Gasteiger partial charge in [-0.1, -0.05) is 116 Å². The van der Waals surface area contributed by atoms with Crippen molar-refractivity contribution in [3.05, 3.63) is 168 Å². The molecule has 7 aromatic rings. The summed E-state index contributed by atoms with van der Waals surface area (Å²) in [6.07, 6.45) is 0.849. The van der Waals surface area contributed by atoms with Gasteiger partial charge in [-0.25, -0.2) is 4.98 Å². The van der Waals surface area contributed by atoms with Crippen molar-refractivity contribution < 1.29 is 4.74 Å². The molecular weight excluding hydrogens is 524 g/mol. The highest BCUT2D eigenvalue weighted by Gasteiger charge is 2.46. The van der Waals surface area contributed by atoms with Crippen LogP contribution in [0.5, 0.6) is 11.5 Å². The zero-order valence-electron chi connectivity index (χ0n) is 23.8. The molecule has 43 heavy (non-hydrogen) atoms. The number of fused-ring (bicyclic) bond motifs is 5. The summed E-state index contributed by atoms with van der Waals surface area (Å²) in [5, 5.41) is 0. The SMILES string of the molecule is CCc1nc2cccc3c2n1-c1ccc(-c2ccc4c(c2)C(c2ccccc2)(c2ccccc2)c2ccccc2-4)cc1O3. The molecule has 0 bridgehead atoms. The summed E-state index contributed by atoms with van der Waals surface area (Å²) < 4.78 is 8.80. The van der Waals surface area contributed by atoms with Gasteiger partial charge in [0.05, 0.1) is 16.6 Å². The number of para-hydroxylation sites is 1. The van der Waals surface area contributed by atoms with E-state index >= 15 is 0 Å². The fourth-order valence-electron chi connectivity index (χ4n) is 7.43. The second kappa shape index (κ2) is 9.04. The van der Waals surface area contributed by atoms with Crippen LogP contribution in [0.3, 0.4) is 0 Å². The van der Waals surface area contributed by atoms with Crippen molar-refractivity contribution in [3.63, 3.8) is 0 Å². The van der Waals surface area contributed by atoms with E-state index in [4.69, 9.17) is 9.72 Å². The number of hydrogen-bond acceptors (Lipinski definition) is 2. The molecule has 204 valence electrons. The number of rotatable bonds is 4. The molecule has 0 amide bonds. The number of nitrogens with zero attached hydrogens (tertiary/aromatic N) is 2. The van der Waals surface area contributed by atoms with E-state index in [1.165, 1.54) is 38.9 Å². The highest BCUT2D eigenvalue weighted by atomic mass is 16.5. The van der Waals surface area contributed by atoms with E-state index in [1.807, 2.05) is 12.1 Å². The summed E-state index contributed by atoms with van der Waals surface area (Å²) in [4.78, 5) is 4.90. The van der Waals surface area contributed by atoms with Crippen LogP contribution in [-0.2, 0) is 11.8 Å². The number of aromatic nitrogens is 2.